The van der Waals surface area contributed by atoms with Crippen LogP contribution in [0.5, 0.6) is 5.75 Å². The number of methoxy groups -OCH3 is 1. The van der Waals surface area contributed by atoms with Crippen LogP contribution in [0.1, 0.15) is 35.6 Å². The van der Waals surface area contributed by atoms with Crippen LogP contribution in [0.4, 0.5) is 0 Å². The van der Waals surface area contributed by atoms with E-state index in [2.05, 4.69) is 0 Å². The van der Waals surface area contributed by atoms with E-state index < -0.39 is 0 Å². The molecule has 0 bridgehead atoms. The van der Waals surface area contributed by atoms with Gasteiger partial charge in [-0.1, -0.05) is 0 Å². The molecule has 18 heavy (non-hydrogen) atoms. The topological polar surface area (TPSA) is 51.5 Å². The molecule has 0 N–H and O–H groups in total. The molecule has 0 fully saturated rings. The molecule has 5 heteroatoms. The molecule has 1 atom stereocenters. The Morgan fingerprint density at radius 1 is 1.44 bits per heavy atom. The normalized spacial score (nSPS) is 21.1. The zero-order chi connectivity index (χ0) is 12.9. The number of carbonyl (C=O) groups is 1. The lowest BCUT2D eigenvalue weighted by molar-refractivity contribution is 0.0677. The largest absolute Gasteiger partial charge is 0.491 e. The van der Waals surface area contributed by atoms with Gasteiger partial charge < -0.3 is 14.2 Å². The molecule has 0 unspecified atom stereocenters. The van der Waals surface area contributed by atoms with Gasteiger partial charge in [-0.05, 0) is 19.8 Å². The lowest BCUT2D eigenvalue weighted by Gasteiger charge is -2.34. The first kappa shape index (κ1) is 11.3. The SMILES string of the molecule is CCN1C[C@@H]2CCc3cc(=O)c(OC)c(n32)C1=O. The molecule has 2 aliphatic heterocycles. The van der Waals surface area contributed by atoms with Crippen LogP contribution in [0.15, 0.2) is 10.9 Å². The van der Waals surface area contributed by atoms with Gasteiger partial charge in [0.2, 0.25) is 5.43 Å². The Balaban J connectivity index is 2.29. The number of aryl methyl sites for hydroxylation is 1. The van der Waals surface area contributed by atoms with Crippen LogP contribution in [-0.4, -0.2) is 35.6 Å². The quantitative estimate of drug-likeness (QED) is 0.778. The maximum absolute atomic E-state index is 12.4. The standard InChI is InChI=1S/C13H16N2O3/c1-3-14-7-9-5-4-8-6-10(16)12(18-2)11(13(14)17)15(8)9/h6,9H,3-5,7H2,1-2H3/t9-/m0/s1. The predicted molar refractivity (Wildman–Crippen MR) is 66.2 cm³/mol. The van der Waals surface area contributed by atoms with Crippen molar-refractivity contribution in [3.63, 3.8) is 0 Å². The molecule has 0 saturated heterocycles. The van der Waals surface area contributed by atoms with Gasteiger partial charge in [-0.15, -0.1) is 0 Å². The fourth-order valence-corrected chi connectivity index (χ4v) is 3.04. The average Bonchev–Trinajstić information content (AvgIpc) is 2.76. The Morgan fingerprint density at radius 2 is 2.22 bits per heavy atom. The monoisotopic (exact) mass is 248 g/mol. The van der Waals surface area contributed by atoms with Crippen LogP contribution in [0.2, 0.25) is 0 Å². The second-order valence-electron chi connectivity index (χ2n) is 4.79. The Morgan fingerprint density at radius 3 is 2.89 bits per heavy atom. The number of aromatic nitrogens is 1. The van der Waals surface area contributed by atoms with Gasteiger partial charge in [-0.3, -0.25) is 9.59 Å². The van der Waals surface area contributed by atoms with E-state index in [-0.39, 0.29) is 17.1 Å². The van der Waals surface area contributed by atoms with E-state index in [1.807, 2.05) is 11.5 Å². The first-order chi connectivity index (χ1) is 8.67. The molecule has 1 aromatic heterocycles. The number of nitrogens with zero attached hydrogens (tertiary/aromatic N) is 2. The van der Waals surface area contributed by atoms with Gasteiger partial charge in [0.1, 0.15) is 0 Å². The Labute approximate surface area is 105 Å². The molecule has 5 nitrogen and oxygen atoms in total. The van der Waals surface area contributed by atoms with Crippen molar-refractivity contribution in [2.24, 2.45) is 0 Å². The minimum atomic E-state index is -0.189. The summed E-state index contributed by atoms with van der Waals surface area (Å²) in [7, 11) is 1.45. The number of likely N-dealkylation sites (N-methyl/N-ethyl adjacent to an activating group) is 1. The summed E-state index contributed by atoms with van der Waals surface area (Å²) in [4.78, 5) is 26.1. The van der Waals surface area contributed by atoms with Crippen LogP contribution in [-0.2, 0) is 6.42 Å². The molecule has 3 rings (SSSR count). The van der Waals surface area contributed by atoms with Gasteiger partial charge in [-0.25, -0.2) is 0 Å². The number of hydrogen-bond donors (Lipinski definition) is 0. The summed E-state index contributed by atoms with van der Waals surface area (Å²) in [5, 5.41) is 0. The lowest BCUT2D eigenvalue weighted by Crippen LogP contribution is -2.43. The highest BCUT2D eigenvalue weighted by Gasteiger charge is 2.37. The molecule has 1 aromatic rings. The summed E-state index contributed by atoms with van der Waals surface area (Å²) in [5.74, 6) is 0.0975. The summed E-state index contributed by atoms with van der Waals surface area (Å²) >= 11 is 0. The summed E-state index contributed by atoms with van der Waals surface area (Å²) in [6.07, 6.45) is 1.85. The highest BCUT2D eigenvalue weighted by Crippen LogP contribution is 2.35. The number of rotatable bonds is 2. The van der Waals surface area contributed by atoms with Crippen LogP contribution < -0.4 is 10.2 Å². The van der Waals surface area contributed by atoms with Crippen LogP contribution in [0.3, 0.4) is 0 Å². The molecule has 3 heterocycles. The van der Waals surface area contributed by atoms with Crippen LogP contribution in [0.25, 0.3) is 0 Å². The molecule has 96 valence electrons. The first-order valence-electron chi connectivity index (χ1n) is 6.29. The van der Waals surface area contributed by atoms with Gasteiger partial charge in [0, 0.05) is 24.8 Å². The molecule has 0 saturated carbocycles. The van der Waals surface area contributed by atoms with Crippen molar-refractivity contribution in [3.05, 3.63) is 27.7 Å². The van der Waals surface area contributed by atoms with Crippen molar-refractivity contribution in [1.29, 1.82) is 0 Å². The van der Waals surface area contributed by atoms with E-state index in [0.29, 0.717) is 18.3 Å². The second-order valence-corrected chi connectivity index (χ2v) is 4.79. The summed E-state index contributed by atoms with van der Waals surface area (Å²) in [6.45, 7) is 3.36. The van der Waals surface area contributed by atoms with E-state index >= 15 is 0 Å². The van der Waals surface area contributed by atoms with Gasteiger partial charge in [0.15, 0.2) is 11.4 Å². The van der Waals surface area contributed by atoms with E-state index in [0.717, 1.165) is 25.1 Å². The Hall–Kier alpha value is -1.78. The molecule has 0 aromatic carbocycles. The zero-order valence-electron chi connectivity index (χ0n) is 10.6. The molecular weight excluding hydrogens is 232 g/mol. The van der Waals surface area contributed by atoms with Crippen LogP contribution >= 0.6 is 0 Å². The summed E-state index contributed by atoms with van der Waals surface area (Å²) < 4.78 is 7.17. The van der Waals surface area contributed by atoms with E-state index in [4.69, 9.17) is 4.74 Å². The third-order valence-electron chi connectivity index (χ3n) is 3.89. The third-order valence-corrected chi connectivity index (χ3v) is 3.89. The van der Waals surface area contributed by atoms with E-state index in [1.165, 1.54) is 7.11 Å². The molecule has 0 spiro atoms. The molecule has 1 amide bonds. The summed E-state index contributed by atoms with van der Waals surface area (Å²) in [6, 6.07) is 1.90. The summed E-state index contributed by atoms with van der Waals surface area (Å²) in [5.41, 5.74) is 1.21. The molecular formula is C13H16N2O3. The number of hydrogen-bond acceptors (Lipinski definition) is 3. The average molecular weight is 248 g/mol. The number of pyridine rings is 1. The minimum Gasteiger partial charge on any atom is -0.491 e. The van der Waals surface area contributed by atoms with Gasteiger partial charge in [-0.2, -0.15) is 0 Å². The van der Waals surface area contributed by atoms with Gasteiger partial charge in [0.25, 0.3) is 5.91 Å². The molecule has 2 aliphatic rings. The maximum Gasteiger partial charge on any atom is 0.274 e. The predicted octanol–water partition coefficient (Wildman–Crippen LogP) is 0.820. The molecule has 0 radical (unpaired) electrons. The Kier molecular flexibility index (Phi) is 2.43. The van der Waals surface area contributed by atoms with E-state index in [9.17, 15) is 9.59 Å². The Bertz CT molecular complexity index is 576. The fourth-order valence-electron chi connectivity index (χ4n) is 3.04. The fraction of sp³-hybridized carbons (Fsp3) is 0.538. The third kappa shape index (κ3) is 1.33. The smallest absolute Gasteiger partial charge is 0.274 e. The first-order valence-corrected chi connectivity index (χ1v) is 6.29. The van der Waals surface area contributed by atoms with Crippen molar-refractivity contribution in [2.45, 2.75) is 25.8 Å². The number of ether oxygens (including phenoxy) is 1. The number of amides is 1. The van der Waals surface area contributed by atoms with Crippen molar-refractivity contribution in [2.75, 3.05) is 20.2 Å². The van der Waals surface area contributed by atoms with Crippen molar-refractivity contribution in [3.8, 4) is 5.75 Å². The van der Waals surface area contributed by atoms with Crippen molar-refractivity contribution < 1.29 is 9.53 Å². The van der Waals surface area contributed by atoms with Crippen molar-refractivity contribution >= 4 is 5.91 Å². The maximum atomic E-state index is 12.4. The minimum absolute atomic E-state index is 0.0912. The zero-order valence-corrected chi connectivity index (χ0v) is 10.6. The van der Waals surface area contributed by atoms with Crippen LogP contribution in [0, 0.1) is 0 Å². The van der Waals surface area contributed by atoms with Crippen molar-refractivity contribution in [1.82, 2.24) is 9.47 Å². The second kappa shape index (κ2) is 3.86. The number of carbonyl (C=O) groups excluding carboxylic acids is 1. The van der Waals surface area contributed by atoms with Gasteiger partial charge >= 0.3 is 0 Å². The molecule has 0 aliphatic carbocycles. The van der Waals surface area contributed by atoms with Gasteiger partial charge in [0.05, 0.1) is 13.2 Å². The lowest BCUT2D eigenvalue weighted by atomic mass is 10.1. The van der Waals surface area contributed by atoms with E-state index in [1.54, 1.807) is 11.0 Å². The highest BCUT2D eigenvalue weighted by molar-refractivity contribution is 5.96. The highest BCUT2D eigenvalue weighted by atomic mass is 16.5.